The van der Waals surface area contributed by atoms with Crippen molar-refractivity contribution in [3.63, 3.8) is 0 Å². The van der Waals surface area contributed by atoms with Gasteiger partial charge in [0.15, 0.2) is 0 Å². The SMILES string of the molecule is O=C(C1CCC1)N1CCC(c2nc(N3CCOCC3)ncc2-c2cnccn2)CC1. The lowest BCUT2D eigenvalue weighted by atomic mass is 9.83. The Bertz CT molecular complexity index is 874. The van der Waals surface area contributed by atoms with Gasteiger partial charge in [-0.15, -0.1) is 0 Å². The van der Waals surface area contributed by atoms with Crippen LogP contribution in [0.5, 0.6) is 0 Å². The smallest absolute Gasteiger partial charge is 0.225 e. The van der Waals surface area contributed by atoms with Crippen molar-refractivity contribution in [3.8, 4) is 11.3 Å². The number of nitrogens with zero attached hydrogens (tertiary/aromatic N) is 6. The van der Waals surface area contributed by atoms with Crippen LogP contribution in [0.15, 0.2) is 24.8 Å². The lowest BCUT2D eigenvalue weighted by Crippen LogP contribution is -2.43. The van der Waals surface area contributed by atoms with Crippen LogP contribution in [0.4, 0.5) is 5.95 Å². The molecule has 1 saturated carbocycles. The monoisotopic (exact) mass is 408 g/mol. The summed E-state index contributed by atoms with van der Waals surface area (Å²) in [6.07, 6.45) is 12.2. The summed E-state index contributed by atoms with van der Waals surface area (Å²) in [4.78, 5) is 35.3. The Morgan fingerprint density at radius 2 is 1.77 bits per heavy atom. The van der Waals surface area contributed by atoms with Crippen LogP contribution in [0.2, 0.25) is 0 Å². The maximum atomic E-state index is 12.6. The first-order chi connectivity index (χ1) is 14.8. The van der Waals surface area contributed by atoms with Gasteiger partial charge in [0.2, 0.25) is 11.9 Å². The highest BCUT2D eigenvalue weighted by Crippen LogP contribution is 2.36. The van der Waals surface area contributed by atoms with E-state index in [1.807, 2.05) is 6.20 Å². The fourth-order valence-electron chi connectivity index (χ4n) is 4.53. The molecular formula is C22H28N6O2. The Labute approximate surface area is 176 Å². The molecule has 0 atom stereocenters. The van der Waals surface area contributed by atoms with E-state index in [4.69, 9.17) is 9.72 Å². The number of piperidine rings is 1. The summed E-state index contributed by atoms with van der Waals surface area (Å²) < 4.78 is 5.48. The third kappa shape index (κ3) is 3.88. The van der Waals surface area contributed by atoms with Crippen molar-refractivity contribution in [1.29, 1.82) is 0 Å². The van der Waals surface area contributed by atoms with Gasteiger partial charge in [-0.3, -0.25) is 14.8 Å². The Morgan fingerprint density at radius 3 is 2.43 bits per heavy atom. The van der Waals surface area contributed by atoms with Crippen molar-refractivity contribution in [3.05, 3.63) is 30.5 Å². The predicted molar refractivity (Wildman–Crippen MR) is 112 cm³/mol. The van der Waals surface area contributed by atoms with Crippen LogP contribution in [0, 0.1) is 5.92 Å². The summed E-state index contributed by atoms with van der Waals surface area (Å²) >= 11 is 0. The molecule has 2 aromatic heterocycles. The average Bonchev–Trinajstić information content (AvgIpc) is 2.79. The van der Waals surface area contributed by atoms with Gasteiger partial charge in [-0.1, -0.05) is 6.42 Å². The van der Waals surface area contributed by atoms with Crippen molar-refractivity contribution in [2.75, 3.05) is 44.3 Å². The molecule has 5 rings (SSSR count). The molecule has 3 fully saturated rings. The van der Waals surface area contributed by atoms with Gasteiger partial charge in [-0.25, -0.2) is 9.97 Å². The number of ether oxygens (including phenoxy) is 1. The molecular weight excluding hydrogens is 380 g/mol. The Hall–Kier alpha value is -2.61. The van der Waals surface area contributed by atoms with Crippen LogP contribution in [0.1, 0.15) is 43.7 Å². The Kier molecular flexibility index (Phi) is 5.57. The van der Waals surface area contributed by atoms with Crippen LogP contribution < -0.4 is 4.90 Å². The Balaban J connectivity index is 1.39. The van der Waals surface area contributed by atoms with E-state index in [0.717, 1.165) is 74.8 Å². The summed E-state index contributed by atoms with van der Waals surface area (Å²) in [6, 6.07) is 0. The fraction of sp³-hybridized carbons (Fsp3) is 0.591. The van der Waals surface area contributed by atoms with E-state index in [9.17, 15) is 4.79 Å². The molecule has 8 heteroatoms. The largest absolute Gasteiger partial charge is 0.378 e. The van der Waals surface area contributed by atoms with Gasteiger partial charge in [0.25, 0.3) is 0 Å². The van der Waals surface area contributed by atoms with Gasteiger partial charge in [0, 0.05) is 62.2 Å². The van der Waals surface area contributed by atoms with Crippen molar-refractivity contribution >= 4 is 11.9 Å². The fourth-order valence-corrected chi connectivity index (χ4v) is 4.53. The number of hydrogen-bond acceptors (Lipinski definition) is 7. The van der Waals surface area contributed by atoms with Crippen LogP contribution in [0.25, 0.3) is 11.3 Å². The average molecular weight is 409 g/mol. The molecule has 0 radical (unpaired) electrons. The number of likely N-dealkylation sites (tertiary alicyclic amines) is 1. The highest BCUT2D eigenvalue weighted by molar-refractivity contribution is 5.79. The third-order valence-corrected chi connectivity index (χ3v) is 6.59. The summed E-state index contributed by atoms with van der Waals surface area (Å²) in [7, 11) is 0. The maximum absolute atomic E-state index is 12.6. The number of aromatic nitrogens is 4. The molecule has 8 nitrogen and oxygen atoms in total. The number of carbonyl (C=O) groups is 1. The topological polar surface area (TPSA) is 84.3 Å². The van der Waals surface area contributed by atoms with Gasteiger partial charge < -0.3 is 14.5 Å². The van der Waals surface area contributed by atoms with E-state index in [2.05, 4.69) is 24.8 Å². The zero-order valence-electron chi connectivity index (χ0n) is 17.2. The molecule has 2 saturated heterocycles. The van der Waals surface area contributed by atoms with Gasteiger partial charge in [0.05, 0.1) is 30.8 Å². The molecule has 4 heterocycles. The summed E-state index contributed by atoms with van der Waals surface area (Å²) in [5.74, 6) is 1.67. The van der Waals surface area contributed by atoms with E-state index in [0.29, 0.717) is 19.1 Å². The van der Waals surface area contributed by atoms with Gasteiger partial charge in [-0.2, -0.15) is 0 Å². The zero-order chi connectivity index (χ0) is 20.3. The van der Waals surface area contributed by atoms with Crippen LogP contribution in [0.3, 0.4) is 0 Å². The third-order valence-electron chi connectivity index (χ3n) is 6.59. The number of rotatable bonds is 4. The quantitative estimate of drug-likeness (QED) is 0.767. The molecule has 0 unspecified atom stereocenters. The van der Waals surface area contributed by atoms with E-state index in [-0.39, 0.29) is 11.8 Å². The minimum Gasteiger partial charge on any atom is -0.378 e. The number of anilines is 1. The standard InChI is InChI=1S/C22H28N6O2/c29-21(17-2-1-3-17)27-8-4-16(5-9-27)20-18(19-15-23-6-7-24-19)14-25-22(26-20)28-10-12-30-13-11-28/h6-7,14-17H,1-5,8-13H2. The van der Waals surface area contributed by atoms with E-state index >= 15 is 0 Å². The molecule has 2 aromatic rings. The van der Waals surface area contributed by atoms with Gasteiger partial charge >= 0.3 is 0 Å². The second kappa shape index (κ2) is 8.63. The molecule has 2 aliphatic heterocycles. The lowest BCUT2D eigenvalue weighted by Gasteiger charge is -2.37. The number of amides is 1. The van der Waals surface area contributed by atoms with Gasteiger partial charge in [0.1, 0.15) is 0 Å². The zero-order valence-corrected chi connectivity index (χ0v) is 17.2. The summed E-state index contributed by atoms with van der Waals surface area (Å²) in [6.45, 7) is 4.61. The molecule has 3 aliphatic rings. The van der Waals surface area contributed by atoms with E-state index in [1.165, 1.54) is 6.42 Å². The number of hydrogen-bond donors (Lipinski definition) is 0. The normalized spacial score (nSPS) is 20.8. The van der Waals surface area contributed by atoms with E-state index < -0.39 is 0 Å². The summed E-state index contributed by atoms with van der Waals surface area (Å²) in [5.41, 5.74) is 2.78. The number of carbonyl (C=O) groups excluding carboxylic acids is 1. The first-order valence-corrected chi connectivity index (χ1v) is 11.0. The van der Waals surface area contributed by atoms with Crippen LogP contribution >= 0.6 is 0 Å². The van der Waals surface area contributed by atoms with Crippen molar-refractivity contribution in [2.24, 2.45) is 5.92 Å². The van der Waals surface area contributed by atoms with Crippen molar-refractivity contribution in [2.45, 2.75) is 38.0 Å². The number of morpholine rings is 1. The molecule has 158 valence electrons. The minimum atomic E-state index is 0.267. The Morgan fingerprint density at radius 1 is 0.967 bits per heavy atom. The predicted octanol–water partition coefficient (Wildman–Crippen LogP) is 2.28. The van der Waals surface area contributed by atoms with Crippen molar-refractivity contribution < 1.29 is 9.53 Å². The second-order valence-corrected chi connectivity index (χ2v) is 8.39. The molecule has 0 N–H and O–H groups in total. The molecule has 0 aromatic carbocycles. The first kappa shape index (κ1) is 19.4. The van der Waals surface area contributed by atoms with Gasteiger partial charge in [-0.05, 0) is 25.7 Å². The van der Waals surface area contributed by atoms with Crippen molar-refractivity contribution in [1.82, 2.24) is 24.8 Å². The minimum absolute atomic E-state index is 0.267. The highest BCUT2D eigenvalue weighted by Gasteiger charge is 2.33. The van der Waals surface area contributed by atoms with Crippen LogP contribution in [-0.4, -0.2) is 70.1 Å². The molecule has 1 amide bonds. The molecule has 30 heavy (non-hydrogen) atoms. The van der Waals surface area contributed by atoms with E-state index in [1.54, 1.807) is 18.6 Å². The molecule has 0 spiro atoms. The highest BCUT2D eigenvalue weighted by atomic mass is 16.5. The molecule has 0 bridgehead atoms. The van der Waals surface area contributed by atoms with Crippen LogP contribution in [-0.2, 0) is 9.53 Å². The lowest BCUT2D eigenvalue weighted by molar-refractivity contribution is -0.139. The second-order valence-electron chi connectivity index (χ2n) is 8.39. The maximum Gasteiger partial charge on any atom is 0.225 e. The summed E-state index contributed by atoms with van der Waals surface area (Å²) in [5, 5.41) is 0. The first-order valence-electron chi connectivity index (χ1n) is 11.0. The molecule has 1 aliphatic carbocycles.